The lowest BCUT2D eigenvalue weighted by molar-refractivity contribution is -0.160. The van der Waals surface area contributed by atoms with Crippen LogP contribution in [0.15, 0.2) is 41.8 Å². The monoisotopic (exact) mass is 414 g/mol. The largest absolute Gasteiger partial charge is 0.440 e. The van der Waals surface area contributed by atoms with Crippen LogP contribution in [0.1, 0.15) is 41.8 Å². The number of carbonyl (C=O) groups excluding carboxylic acids is 2. The molecule has 0 bridgehead atoms. The molecule has 1 atom stereocenters. The quantitative estimate of drug-likeness (QED) is 0.707. The van der Waals surface area contributed by atoms with Gasteiger partial charge in [-0.25, -0.2) is 4.79 Å². The van der Waals surface area contributed by atoms with Gasteiger partial charge in [-0.15, -0.1) is 11.3 Å². The zero-order valence-electron chi connectivity index (χ0n) is 15.4. The van der Waals surface area contributed by atoms with E-state index < -0.39 is 37.4 Å². The Morgan fingerprint density at radius 3 is 2.29 bits per heavy atom. The molecule has 2 aromatic rings. The maximum atomic E-state index is 12.2. The predicted octanol–water partition coefficient (Wildman–Crippen LogP) is 4.37. The van der Waals surface area contributed by atoms with Crippen LogP contribution in [0.4, 0.5) is 18.0 Å². The molecule has 1 unspecified atom stereocenters. The first-order valence-electron chi connectivity index (χ1n) is 8.55. The van der Waals surface area contributed by atoms with Crippen molar-refractivity contribution in [3.05, 3.63) is 57.8 Å². The molecule has 1 aromatic carbocycles. The Hall–Kier alpha value is -2.55. The molecule has 1 aromatic heterocycles. The van der Waals surface area contributed by atoms with Crippen LogP contribution in [-0.2, 0) is 9.53 Å². The summed E-state index contributed by atoms with van der Waals surface area (Å²) in [4.78, 5) is 24.4. The molecule has 0 aliphatic heterocycles. The van der Waals surface area contributed by atoms with E-state index in [0.717, 1.165) is 16.0 Å². The summed E-state index contributed by atoms with van der Waals surface area (Å²) in [7, 11) is 0. The lowest BCUT2D eigenvalue weighted by Gasteiger charge is -2.19. The highest BCUT2D eigenvalue weighted by Crippen LogP contribution is 2.27. The van der Waals surface area contributed by atoms with Gasteiger partial charge in [0.15, 0.2) is 6.61 Å². The van der Waals surface area contributed by atoms with Crippen molar-refractivity contribution in [3.8, 4) is 0 Å². The van der Waals surface area contributed by atoms with Crippen LogP contribution < -0.4 is 10.6 Å². The van der Waals surface area contributed by atoms with Gasteiger partial charge in [0.2, 0.25) is 5.91 Å². The summed E-state index contributed by atoms with van der Waals surface area (Å²) in [5, 5.41) is 6.68. The summed E-state index contributed by atoms with van der Waals surface area (Å²) in [5.41, 5.74) is 2.02. The third-order valence-electron chi connectivity index (χ3n) is 3.83. The lowest BCUT2D eigenvalue weighted by atomic mass is 9.98. The Labute approximate surface area is 164 Å². The van der Waals surface area contributed by atoms with Crippen LogP contribution >= 0.6 is 11.3 Å². The highest BCUT2D eigenvalue weighted by atomic mass is 32.1. The predicted molar refractivity (Wildman–Crippen MR) is 100 cm³/mol. The number of alkyl halides is 3. The van der Waals surface area contributed by atoms with Gasteiger partial charge in [-0.2, -0.15) is 13.2 Å². The van der Waals surface area contributed by atoms with Crippen molar-refractivity contribution >= 4 is 23.3 Å². The summed E-state index contributed by atoms with van der Waals surface area (Å²) in [6, 6.07) is 11.1. The molecular formula is C19H21F3N2O3S. The summed E-state index contributed by atoms with van der Waals surface area (Å²) < 4.78 is 40.1. The van der Waals surface area contributed by atoms with E-state index in [0.29, 0.717) is 5.92 Å². The molecule has 28 heavy (non-hydrogen) atoms. The number of hydrogen-bond donors (Lipinski definition) is 2. The van der Waals surface area contributed by atoms with Gasteiger partial charge in [-0.05, 0) is 28.5 Å². The molecule has 0 aliphatic rings. The first-order valence-corrected chi connectivity index (χ1v) is 9.43. The SMILES string of the molecule is CC(C)c1ccc(C(NC(=O)CNC(=O)OCC(F)(F)F)c2cccs2)cc1. The molecule has 0 aliphatic carbocycles. The maximum Gasteiger partial charge on any atom is 0.422 e. The molecule has 0 fully saturated rings. The van der Waals surface area contributed by atoms with Crippen LogP contribution in [0.2, 0.25) is 0 Å². The summed E-state index contributed by atoms with van der Waals surface area (Å²) in [6.45, 7) is 1.96. The minimum atomic E-state index is -4.62. The molecule has 0 saturated carbocycles. The van der Waals surface area contributed by atoms with Crippen LogP contribution in [0, 0.1) is 0 Å². The molecule has 2 amide bonds. The fourth-order valence-electron chi connectivity index (χ4n) is 2.41. The number of hydrogen-bond acceptors (Lipinski definition) is 4. The molecule has 2 N–H and O–H groups in total. The summed E-state index contributed by atoms with van der Waals surface area (Å²) >= 11 is 1.46. The number of benzene rings is 1. The van der Waals surface area contributed by atoms with E-state index in [9.17, 15) is 22.8 Å². The standard InChI is InChI=1S/C19H21F3N2O3S/c1-12(2)13-5-7-14(8-6-13)17(15-4-3-9-28-15)24-16(25)10-23-18(26)27-11-19(20,21)22/h3-9,12,17H,10-11H2,1-2H3,(H,23,26)(H,24,25). The van der Waals surface area contributed by atoms with Crippen molar-refractivity contribution in [1.82, 2.24) is 10.6 Å². The third kappa shape index (κ3) is 6.88. The van der Waals surface area contributed by atoms with Gasteiger partial charge in [-0.3, -0.25) is 4.79 Å². The molecule has 152 valence electrons. The van der Waals surface area contributed by atoms with E-state index in [2.05, 4.69) is 23.9 Å². The highest BCUT2D eigenvalue weighted by Gasteiger charge is 2.29. The Morgan fingerprint density at radius 1 is 1.11 bits per heavy atom. The second-order valence-corrected chi connectivity index (χ2v) is 7.36. The second kappa shape index (κ2) is 9.59. The van der Waals surface area contributed by atoms with Crippen LogP contribution in [0.5, 0.6) is 0 Å². The first-order chi connectivity index (χ1) is 13.2. The van der Waals surface area contributed by atoms with Gasteiger partial charge in [0.25, 0.3) is 0 Å². The molecule has 1 heterocycles. The maximum absolute atomic E-state index is 12.2. The Kier molecular flexibility index (Phi) is 7.45. The number of alkyl carbamates (subject to hydrolysis) is 1. The van der Waals surface area contributed by atoms with Crippen molar-refractivity contribution in [2.24, 2.45) is 0 Å². The molecular weight excluding hydrogens is 393 g/mol. The smallest absolute Gasteiger partial charge is 0.422 e. The Bertz CT molecular complexity index is 775. The molecule has 5 nitrogen and oxygen atoms in total. The van der Waals surface area contributed by atoms with E-state index in [4.69, 9.17) is 0 Å². The van der Waals surface area contributed by atoms with Gasteiger partial charge in [-0.1, -0.05) is 44.2 Å². The van der Waals surface area contributed by atoms with E-state index in [1.54, 1.807) is 0 Å². The van der Waals surface area contributed by atoms with Gasteiger partial charge >= 0.3 is 12.3 Å². The van der Waals surface area contributed by atoms with Crippen molar-refractivity contribution in [3.63, 3.8) is 0 Å². The fraction of sp³-hybridized carbons (Fsp3) is 0.368. The average Bonchev–Trinajstić information content (AvgIpc) is 3.16. The van der Waals surface area contributed by atoms with Crippen molar-refractivity contribution in [2.75, 3.05) is 13.2 Å². The zero-order chi connectivity index (χ0) is 20.7. The van der Waals surface area contributed by atoms with E-state index >= 15 is 0 Å². The topological polar surface area (TPSA) is 67.4 Å². The Morgan fingerprint density at radius 2 is 1.75 bits per heavy atom. The molecule has 9 heteroatoms. The number of carbonyl (C=O) groups is 2. The van der Waals surface area contributed by atoms with Gasteiger partial charge < -0.3 is 15.4 Å². The van der Waals surface area contributed by atoms with Crippen molar-refractivity contribution in [2.45, 2.75) is 32.0 Å². The number of ether oxygens (including phenoxy) is 1. The number of amides is 2. The molecule has 0 radical (unpaired) electrons. The van der Waals surface area contributed by atoms with Gasteiger partial charge in [0, 0.05) is 4.88 Å². The molecule has 0 saturated heterocycles. The van der Waals surface area contributed by atoms with E-state index in [1.807, 2.05) is 47.1 Å². The number of rotatable bonds is 7. The summed E-state index contributed by atoms with van der Waals surface area (Å²) in [5.74, 6) is -0.175. The zero-order valence-corrected chi connectivity index (χ0v) is 16.2. The minimum Gasteiger partial charge on any atom is -0.440 e. The van der Waals surface area contributed by atoms with Crippen LogP contribution in [0.25, 0.3) is 0 Å². The van der Waals surface area contributed by atoms with Gasteiger partial charge in [0.05, 0.1) is 6.04 Å². The minimum absolute atomic E-state index is 0.371. The van der Waals surface area contributed by atoms with Gasteiger partial charge in [0.1, 0.15) is 6.54 Å². The number of thiophene rings is 1. The lowest BCUT2D eigenvalue weighted by Crippen LogP contribution is -2.39. The number of halogens is 3. The van der Waals surface area contributed by atoms with E-state index in [-0.39, 0.29) is 0 Å². The Balaban J connectivity index is 1.99. The summed E-state index contributed by atoms with van der Waals surface area (Å²) in [6.07, 6.45) is -5.92. The second-order valence-electron chi connectivity index (χ2n) is 6.38. The highest BCUT2D eigenvalue weighted by molar-refractivity contribution is 7.10. The fourth-order valence-corrected chi connectivity index (χ4v) is 3.21. The van der Waals surface area contributed by atoms with Crippen LogP contribution in [-0.4, -0.2) is 31.3 Å². The van der Waals surface area contributed by atoms with Crippen molar-refractivity contribution < 1.29 is 27.5 Å². The molecule has 2 rings (SSSR count). The molecule has 0 spiro atoms. The van der Waals surface area contributed by atoms with Crippen molar-refractivity contribution in [1.29, 1.82) is 0 Å². The number of nitrogens with one attached hydrogen (secondary N) is 2. The first kappa shape index (κ1) is 21.7. The third-order valence-corrected chi connectivity index (χ3v) is 4.77. The normalized spacial score (nSPS) is 12.5. The van der Waals surface area contributed by atoms with E-state index in [1.165, 1.54) is 11.3 Å². The van der Waals surface area contributed by atoms with Crippen LogP contribution in [0.3, 0.4) is 0 Å². The average molecular weight is 414 g/mol.